The Morgan fingerprint density at radius 1 is 1.05 bits per heavy atom. The molecule has 230 valence electrons. The van der Waals surface area contributed by atoms with E-state index >= 15 is 0 Å². The zero-order valence-electron chi connectivity index (χ0n) is 24.5. The Labute approximate surface area is 240 Å². The number of fused-ring (bicyclic) bond motifs is 5. The van der Waals surface area contributed by atoms with Crippen LogP contribution in [0, 0.1) is 34.5 Å². The topological polar surface area (TPSA) is 132 Å². The summed E-state index contributed by atoms with van der Waals surface area (Å²) in [5, 5.41) is 34.7. The molecule has 13 atom stereocenters. The lowest BCUT2D eigenvalue weighted by molar-refractivity contribution is -0.277. The number of aliphatic hydroxyl groups is 3. The fraction of sp³-hybridized carbons (Fsp3) is 0.871. The number of carbonyl (C=O) groups is 2. The first-order chi connectivity index (χ1) is 19.3. The van der Waals surface area contributed by atoms with E-state index in [9.17, 15) is 29.3 Å². The number of carbonyl (C=O) groups excluding carboxylic acids is 2. The summed E-state index contributed by atoms with van der Waals surface area (Å²) < 4.78 is 37.3. The van der Waals surface area contributed by atoms with Gasteiger partial charge in [-0.1, -0.05) is 13.8 Å². The zero-order valence-corrected chi connectivity index (χ0v) is 24.5. The Bertz CT molecular complexity index is 1100. The van der Waals surface area contributed by atoms with Crippen molar-refractivity contribution in [3.63, 3.8) is 0 Å². The third kappa shape index (κ3) is 4.41. The molecule has 5 fully saturated rings. The first-order valence-corrected chi connectivity index (χ1v) is 15.4. The van der Waals surface area contributed by atoms with Crippen LogP contribution in [-0.4, -0.2) is 76.3 Å². The van der Waals surface area contributed by atoms with Crippen LogP contribution in [-0.2, 0) is 28.5 Å². The molecule has 0 bridgehead atoms. The van der Waals surface area contributed by atoms with Gasteiger partial charge in [-0.2, -0.15) is 4.39 Å². The molecule has 0 aromatic carbocycles. The third-order valence-electron chi connectivity index (χ3n) is 12.4. The van der Waals surface area contributed by atoms with Crippen LogP contribution in [0.3, 0.4) is 0 Å². The second-order valence-electron chi connectivity index (χ2n) is 14.1. The van der Waals surface area contributed by atoms with Crippen LogP contribution in [0.1, 0.15) is 85.5 Å². The van der Waals surface area contributed by atoms with Gasteiger partial charge in [0.2, 0.25) is 5.83 Å². The van der Waals surface area contributed by atoms with Crippen molar-refractivity contribution in [2.45, 2.75) is 128 Å². The predicted molar refractivity (Wildman–Crippen MR) is 143 cm³/mol. The Hall–Kier alpha value is -1.59. The molecule has 9 nitrogen and oxygen atoms in total. The zero-order chi connectivity index (χ0) is 29.5. The average Bonchev–Trinajstić information content (AvgIpc) is 3.38. The van der Waals surface area contributed by atoms with E-state index < -0.39 is 65.4 Å². The summed E-state index contributed by atoms with van der Waals surface area (Å²) in [6.45, 7) is 7.17. The average molecular weight is 581 g/mol. The van der Waals surface area contributed by atoms with Gasteiger partial charge in [0.15, 0.2) is 12.4 Å². The van der Waals surface area contributed by atoms with E-state index in [4.69, 9.17) is 18.9 Å². The molecular formula is C31H45FO9. The smallest absolute Gasteiger partial charge is 0.367 e. The molecule has 10 heteroatoms. The monoisotopic (exact) mass is 580 g/mol. The number of esters is 2. The van der Waals surface area contributed by atoms with Crippen LogP contribution in [0.2, 0.25) is 0 Å². The second kappa shape index (κ2) is 10.3. The number of rotatable bonds is 4. The maximum absolute atomic E-state index is 14.7. The van der Waals surface area contributed by atoms with E-state index in [1.165, 1.54) is 6.92 Å². The first-order valence-electron chi connectivity index (χ1n) is 15.4. The number of hydrogen-bond donors (Lipinski definition) is 3. The lowest BCUT2D eigenvalue weighted by atomic mass is 9.42. The van der Waals surface area contributed by atoms with Gasteiger partial charge in [-0.05, 0) is 87.4 Å². The van der Waals surface area contributed by atoms with Crippen LogP contribution in [0.5, 0.6) is 0 Å². The minimum atomic E-state index is -1.15. The van der Waals surface area contributed by atoms with Gasteiger partial charge < -0.3 is 34.3 Å². The fourth-order valence-electron chi connectivity index (χ4n) is 10.2. The number of halogens is 1. The summed E-state index contributed by atoms with van der Waals surface area (Å²) in [5.74, 6) is -2.23. The number of hydrogen-bond acceptors (Lipinski definition) is 9. The van der Waals surface area contributed by atoms with Crippen molar-refractivity contribution < 1.29 is 48.2 Å². The van der Waals surface area contributed by atoms with Crippen molar-refractivity contribution >= 4 is 11.9 Å². The Morgan fingerprint density at radius 2 is 1.80 bits per heavy atom. The fourth-order valence-corrected chi connectivity index (χ4v) is 10.2. The summed E-state index contributed by atoms with van der Waals surface area (Å²) in [6, 6.07) is 0. The van der Waals surface area contributed by atoms with Crippen LogP contribution in [0.25, 0.3) is 0 Å². The molecule has 4 unspecified atom stereocenters. The maximum atomic E-state index is 14.7. The van der Waals surface area contributed by atoms with E-state index in [-0.39, 0.29) is 36.4 Å². The molecular weight excluding hydrogens is 535 g/mol. The lowest BCUT2D eigenvalue weighted by Gasteiger charge is -2.65. The van der Waals surface area contributed by atoms with Gasteiger partial charge in [0.1, 0.15) is 6.61 Å². The van der Waals surface area contributed by atoms with E-state index in [0.717, 1.165) is 32.1 Å². The Balaban J connectivity index is 1.15. The van der Waals surface area contributed by atoms with Crippen molar-refractivity contribution in [3.8, 4) is 0 Å². The molecule has 3 N–H and O–H groups in total. The maximum Gasteiger partial charge on any atom is 0.367 e. The molecule has 2 heterocycles. The van der Waals surface area contributed by atoms with E-state index in [0.29, 0.717) is 30.8 Å². The number of cyclic esters (lactones) is 1. The van der Waals surface area contributed by atoms with Crippen LogP contribution in [0.4, 0.5) is 4.39 Å². The van der Waals surface area contributed by atoms with Crippen molar-refractivity contribution in [2.24, 2.45) is 34.5 Å². The summed E-state index contributed by atoms with van der Waals surface area (Å²) >= 11 is 0. The number of ether oxygens (including phenoxy) is 4. The minimum absolute atomic E-state index is 0.0165. The standard InChI is InChI=1S/C31H45FO9/c1-15-27(40-16(2)33)23(34)13-25(39-15)41-18-7-9-29(3)17(11-18)5-6-21-22(29)12-24(35)30(4)20(8-10-31(21,30)37)19-14-38-28(36)26(19)32/h15,17-18,20-25,27,34-35,37H,5-14H2,1-4H3/t15-,17-,18+,20-,21?,22?,23+,24-,25?,27-,29+,30+,31?/m1/s1. The predicted octanol–water partition coefficient (Wildman–Crippen LogP) is 3.32. The second-order valence-corrected chi connectivity index (χ2v) is 14.1. The Morgan fingerprint density at radius 3 is 2.46 bits per heavy atom. The summed E-state index contributed by atoms with van der Waals surface area (Å²) in [7, 11) is 0. The largest absolute Gasteiger partial charge is 0.457 e. The van der Waals surface area contributed by atoms with Gasteiger partial charge in [-0.25, -0.2) is 4.79 Å². The van der Waals surface area contributed by atoms with Gasteiger partial charge in [0.25, 0.3) is 0 Å². The summed E-state index contributed by atoms with van der Waals surface area (Å²) in [5.41, 5.74) is -1.89. The molecule has 4 aliphatic carbocycles. The van der Waals surface area contributed by atoms with Gasteiger partial charge in [0, 0.05) is 24.3 Å². The molecule has 0 radical (unpaired) electrons. The normalized spacial score (nSPS) is 51.5. The molecule has 41 heavy (non-hydrogen) atoms. The van der Waals surface area contributed by atoms with E-state index in [1.54, 1.807) is 6.92 Å². The van der Waals surface area contributed by atoms with Crippen LogP contribution >= 0.6 is 0 Å². The molecule has 4 saturated carbocycles. The molecule has 0 spiro atoms. The van der Waals surface area contributed by atoms with Crippen molar-refractivity contribution in [1.29, 1.82) is 0 Å². The van der Waals surface area contributed by atoms with Gasteiger partial charge in [-0.15, -0.1) is 0 Å². The molecule has 2 aliphatic heterocycles. The van der Waals surface area contributed by atoms with E-state index in [2.05, 4.69) is 6.92 Å². The van der Waals surface area contributed by atoms with Crippen molar-refractivity contribution in [3.05, 3.63) is 11.4 Å². The molecule has 0 amide bonds. The first kappa shape index (κ1) is 29.5. The van der Waals surface area contributed by atoms with Crippen LogP contribution in [0.15, 0.2) is 11.4 Å². The molecule has 1 saturated heterocycles. The van der Waals surface area contributed by atoms with Crippen molar-refractivity contribution in [2.75, 3.05) is 6.61 Å². The highest BCUT2D eigenvalue weighted by Crippen LogP contribution is 2.70. The molecule has 0 aromatic heterocycles. The minimum Gasteiger partial charge on any atom is -0.457 e. The Kier molecular flexibility index (Phi) is 7.37. The van der Waals surface area contributed by atoms with Gasteiger partial charge in [-0.3, -0.25) is 4.79 Å². The molecule has 6 aliphatic rings. The summed E-state index contributed by atoms with van der Waals surface area (Å²) in [4.78, 5) is 23.2. The SMILES string of the molecule is CC(=O)O[C@H]1[C@@H](O)CC(O[C@H]2CC[C@]3(C)C4C[C@@H](O)[C@]5(C)[C@@H](C6=C(F)C(=O)OC6)CCC5(O)C4CC[C@@H]3C2)O[C@@H]1C. The lowest BCUT2D eigenvalue weighted by Crippen LogP contribution is -2.67. The quantitative estimate of drug-likeness (QED) is 0.338. The van der Waals surface area contributed by atoms with Gasteiger partial charge in [0.05, 0.1) is 30.0 Å². The highest BCUT2D eigenvalue weighted by atomic mass is 19.1. The van der Waals surface area contributed by atoms with Gasteiger partial charge >= 0.3 is 11.9 Å². The van der Waals surface area contributed by atoms with Crippen LogP contribution < -0.4 is 0 Å². The van der Waals surface area contributed by atoms with Crippen molar-refractivity contribution in [1.82, 2.24) is 0 Å². The number of aliphatic hydroxyl groups excluding tert-OH is 2. The highest BCUT2D eigenvalue weighted by molar-refractivity contribution is 5.89. The summed E-state index contributed by atoms with van der Waals surface area (Å²) in [6.07, 6.45) is 2.54. The molecule has 0 aromatic rings. The third-order valence-corrected chi connectivity index (χ3v) is 12.4. The highest BCUT2D eigenvalue weighted by Gasteiger charge is 2.71. The van der Waals surface area contributed by atoms with E-state index in [1.807, 2.05) is 6.92 Å². The molecule has 6 rings (SSSR count).